The highest BCUT2D eigenvalue weighted by atomic mass is 19.3. The van der Waals surface area contributed by atoms with Crippen LogP contribution < -0.4 is 9.47 Å². The van der Waals surface area contributed by atoms with Gasteiger partial charge in [-0.15, -0.1) is 0 Å². The normalized spacial score (nSPS) is 20.3. The maximum atomic E-state index is 12.1. The first kappa shape index (κ1) is 11.4. The summed E-state index contributed by atoms with van der Waals surface area (Å²) in [6, 6.07) is 4.23. The Morgan fingerprint density at radius 1 is 1.33 bits per heavy atom. The minimum absolute atomic E-state index is 0.0135. The molecule has 1 aromatic rings. The molecular weight excluding hydrogens is 242 g/mol. The fourth-order valence-corrected chi connectivity index (χ4v) is 2.50. The minimum Gasteiger partial charge on any atom is -0.486 e. The van der Waals surface area contributed by atoms with Crippen LogP contribution in [0.5, 0.6) is 11.5 Å². The highest BCUT2D eigenvalue weighted by molar-refractivity contribution is 6.00. The summed E-state index contributed by atoms with van der Waals surface area (Å²) in [5, 5.41) is 0. The molecule has 0 aromatic heterocycles. The quantitative estimate of drug-likeness (QED) is 0.813. The van der Waals surface area contributed by atoms with Gasteiger partial charge in [0.05, 0.1) is 12.0 Å². The zero-order valence-corrected chi connectivity index (χ0v) is 9.62. The largest absolute Gasteiger partial charge is 0.486 e. The number of ketones is 1. The minimum atomic E-state index is -2.87. The van der Waals surface area contributed by atoms with Crippen LogP contribution in [0.2, 0.25) is 0 Å². The maximum absolute atomic E-state index is 12.1. The average Bonchev–Trinajstić information content (AvgIpc) is 2.25. The highest BCUT2D eigenvalue weighted by Gasteiger charge is 2.45. The Kier molecular flexibility index (Phi) is 2.50. The average molecular weight is 254 g/mol. The zero-order chi connectivity index (χ0) is 12.8. The van der Waals surface area contributed by atoms with Crippen molar-refractivity contribution >= 4 is 5.78 Å². The first-order chi connectivity index (χ1) is 8.58. The first-order valence-corrected chi connectivity index (χ1v) is 5.89. The summed E-state index contributed by atoms with van der Waals surface area (Å²) in [5.74, 6) is 0.400. The van der Waals surface area contributed by atoms with E-state index in [-0.39, 0.29) is 11.5 Å². The van der Waals surface area contributed by atoms with Gasteiger partial charge in [0.25, 0.3) is 0 Å². The SMILES string of the molecule is O=C1CC2(CCC2)Oc2cc(OC(F)F)ccc21. The molecule has 18 heavy (non-hydrogen) atoms. The number of halogens is 2. The van der Waals surface area contributed by atoms with Crippen molar-refractivity contribution in [1.29, 1.82) is 0 Å². The number of benzene rings is 1. The number of Topliss-reactive ketones (excluding diaryl/α,β-unsaturated/α-hetero) is 1. The van der Waals surface area contributed by atoms with Gasteiger partial charge >= 0.3 is 6.61 Å². The van der Waals surface area contributed by atoms with E-state index in [9.17, 15) is 13.6 Å². The van der Waals surface area contributed by atoms with Gasteiger partial charge in [-0.3, -0.25) is 4.79 Å². The van der Waals surface area contributed by atoms with Crippen molar-refractivity contribution in [3.05, 3.63) is 23.8 Å². The van der Waals surface area contributed by atoms with E-state index in [1.165, 1.54) is 18.2 Å². The number of ether oxygens (including phenoxy) is 2. The second kappa shape index (κ2) is 3.93. The molecule has 1 aromatic carbocycles. The molecule has 96 valence electrons. The lowest BCUT2D eigenvalue weighted by Crippen LogP contribution is -2.47. The molecule has 5 heteroatoms. The molecule has 0 unspecified atom stereocenters. The van der Waals surface area contributed by atoms with Gasteiger partial charge in [0, 0.05) is 6.07 Å². The summed E-state index contributed by atoms with van der Waals surface area (Å²) < 4.78 is 34.4. The summed E-state index contributed by atoms with van der Waals surface area (Å²) in [4.78, 5) is 12.0. The van der Waals surface area contributed by atoms with Crippen molar-refractivity contribution in [3.63, 3.8) is 0 Å². The van der Waals surface area contributed by atoms with Gasteiger partial charge < -0.3 is 9.47 Å². The Balaban J connectivity index is 1.92. The van der Waals surface area contributed by atoms with Crippen molar-refractivity contribution in [2.24, 2.45) is 0 Å². The van der Waals surface area contributed by atoms with Crippen molar-refractivity contribution in [2.75, 3.05) is 0 Å². The van der Waals surface area contributed by atoms with Crippen LogP contribution in [0.3, 0.4) is 0 Å². The second-order valence-corrected chi connectivity index (χ2v) is 4.78. The van der Waals surface area contributed by atoms with E-state index in [1.54, 1.807) is 0 Å². The molecule has 0 N–H and O–H groups in total. The lowest BCUT2D eigenvalue weighted by molar-refractivity contribution is -0.0506. The van der Waals surface area contributed by atoms with Gasteiger partial charge in [0.1, 0.15) is 17.1 Å². The number of hydrogen-bond donors (Lipinski definition) is 0. The molecule has 1 heterocycles. The molecular formula is C13H12F2O3. The van der Waals surface area contributed by atoms with Crippen molar-refractivity contribution < 1.29 is 23.0 Å². The summed E-state index contributed by atoms with van der Waals surface area (Å²) >= 11 is 0. The smallest absolute Gasteiger partial charge is 0.387 e. The maximum Gasteiger partial charge on any atom is 0.387 e. The Morgan fingerprint density at radius 2 is 2.11 bits per heavy atom. The first-order valence-electron chi connectivity index (χ1n) is 5.89. The molecule has 1 fully saturated rings. The third kappa shape index (κ3) is 1.83. The fourth-order valence-electron chi connectivity index (χ4n) is 2.50. The monoisotopic (exact) mass is 254 g/mol. The standard InChI is InChI=1S/C13H12F2O3/c14-12(15)17-8-2-3-9-10(16)7-13(4-1-5-13)18-11(9)6-8/h2-3,6,12H,1,4-5,7H2. The van der Waals surface area contributed by atoms with E-state index in [4.69, 9.17) is 4.74 Å². The van der Waals surface area contributed by atoms with Crippen LogP contribution in [0.15, 0.2) is 18.2 Å². The van der Waals surface area contributed by atoms with Gasteiger partial charge in [0.2, 0.25) is 0 Å². The molecule has 0 atom stereocenters. The van der Waals surface area contributed by atoms with E-state index in [2.05, 4.69) is 4.74 Å². The number of fused-ring (bicyclic) bond motifs is 1. The molecule has 3 rings (SSSR count). The number of alkyl halides is 2. The van der Waals surface area contributed by atoms with Gasteiger partial charge in [-0.25, -0.2) is 0 Å². The van der Waals surface area contributed by atoms with Crippen LogP contribution in [0.4, 0.5) is 8.78 Å². The third-order valence-electron chi connectivity index (χ3n) is 3.55. The Hall–Kier alpha value is -1.65. The summed E-state index contributed by atoms with van der Waals surface area (Å²) in [6.07, 6.45) is 3.11. The second-order valence-electron chi connectivity index (χ2n) is 4.78. The number of carbonyl (C=O) groups excluding carboxylic acids is 1. The van der Waals surface area contributed by atoms with Crippen molar-refractivity contribution in [3.8, 4) is 11.5 Å². The van der Waals surface area contributed by atoms with Crippen LogP contribution in [-0.2, 0) is 0 Å². The Morgan fingerprint density at radius 3 is 2.72 bits per heavy atom. The molecule has 2 aliphatic rings. The Bertz CT molecular complexity index is 495. The van der Waals surface area contributed by atoms with Gasteiger partial charge in [-0.05, 0) is 31.4 Å². The van der Waals surface area contributed by atoms with E-state index in [0.29, 0.717) is 17.7 Å². The van der Waals surface area contributed by atoms with Gasteiger partial charge in [-0.1, -0.05) is 0 Å². The lowest BCUT2D eigenvalue weighted by Gasteiger charge is -2.44. The zero-order valence-electron chi connectivity index (χ0n) is 9.62. The molecule has 0 bridgehead atoms. The topological polar surface area (TPSA) is 35.5 Å². The van der Waals surface area contributed by atoms with Crippen molar-refractivity contribution in [2.45, 2.75) is 37.9 Å². The van der Waals surface area contributed by atoms with E-state index >= 15 is 0 Å². The molecule has 0 amide bonds. The molecule has 0 saturated heterocycles. The molecule has 3 nitrogen and oxygen atoms in total. The lowest BCUT2D eigenvalue weighted by atomic mass is 9.74. The van der Waals surface area contributed by atoms with E-state index in [1.807, 2.05) is 0 Å². The van der Waals surface area contributed by atoms with Crippen LogP contribution >= 0.6 is 0 Å². The van der Waals surface area contributed by atoms with Crippen LogP contribution in [0.25, 0.3) is 0 Å². The van der Waals surface area contributed by atoms with Crippen LogP contribution in [0, 0.1) is 0 Å². The van der Waals surface area contributed by atoms with E-state index in [0.717, 1.165) is 19.3 Å². The van der Waals surface area contributed by atoms with Crippen molar-refractivity contribution in [1.82, 2.24) is 0 Å². The summed E-state index contributed by atoms with van der Waals surface area (Å²) in [6.45, 7) is -2.87. The number of carbonyl (C=O) groups is 1. The molecule has 1 aliphatic carbocycles. The number of hydrogen-bond acceptors (Lipinski definition) is 3. The Labute approximate surface area is 103 Å². The highest BCUT2D eigenvalue weighted by Crippen LogP contribution is 2.45. The summed E-state index contributed by atoms with van der Waals surface area (Å²) in [5.41, 5.74) is 0.0576. The van der Waals surface area contributed by atoms with Gasteiger partial charge in [-0.2, -0.15) is 8.78 Å². The van der Waals surface area contributed by atoms with E-state index < -0.39 is 12.2 Å². The fraction of sp³-hybridized carbons (Fsp3) is 0.462. The van der Waals surface area contributed by atoms with Gasteiger partial charge in [0.15, 0.2) is 5.78 Å². The third-order valence-corrected chi connectivity index (χ3v) is 3.55. The number of rotatable bonds is 2. The van der Waals surface area contributed by atoms with Crippen LogP contribution in [0.1, 0.15) is 36.0 Å². The molecule has 1 spiro atoms. The predicted molar refractivity (Wildman–Crippen MR) is 59.2 cm³/mol. The van der Waals surface area contributed by atoms with Crippen LogP contribution in [-0.4, -0.2) is 18.0 Å². The molecule has 1 saturated carbocycles. The summed E-state index contributed by atoms with van der Waals surface area (Å²) in [7, 11) is 0. The predicted octanol–water partition coefficient (Wildman–Crippen LogP) is 3.18. The molecule has 0 radical (unpaired) electrons. The molecule has 1 aliphatic heterocycles.